The van der Waals surface area contributed by atoms with Gasteiger partial charge in [0, 0.05) is 25.7 Å². The fourth-order valence-corrected chi connectivity index (χ4v) is 4.31. The van der Waals surface area contributed by atoms with E-state index in [0.29, 0.717) is 18.5 Å². The van der Waals surface area contributed by atoms with Crippen LogP contribution in [-0.4, -0.2) is 57.0 Å². The molecule has 0 bridgehead atoms. The number of nitrogens with one attached hydrogen (secondary N) is 3. The van der Waals surface area contributed by atoms with Crippen LogP contribution < -0.4 is 20.1 Å². The van der Waals surface area contributed by atoms with E-state index in [-0.39, 0.29) is 35.4 Å². The second-order valence-electron chi connectivity index (χ2n) is 8.46. The Kier molecular flexibility index (Phi) is 10.3. The molecular weight excluding hydrogens is 540 g/mol. The third-order valence-electron chi connectivity index (χ3n) is 5.41. The fraction of sp³-hybridized carbons (Fsp3) is 0.222. The Balaban J connectivity index is 1.45. The van der Waals surface area contributed by atoms with Gasteiger partial charge < -0.3 is 20.1 Å². The molecule has 0 aliphatic heterocycles. The van der Waals surface area contributed by atoms with E-state index >= 15 is 0 Å². The third-order valence-corrected chi connectivity index (χ3v) is 6.76. The average molecular weight is 569 g/mol. The Morgan fingerprint density at radius 2 is 1.62 bits per heavy atom. The number of nitrogens with zero attached hydrogens (tertiary/aromatic N) is 1. The van der Waals surface area contributed by atoms with Crippen LogP contribution in [0, 0.1) is 6.92 Å². The van der Waals surface area contributed by atoms with Crippen LogP contribution in [0.25, 0.3) is 0 Å². The summed E-state index contributed by atoms with van der Waals surface area (Å²) < 4.78 is 37.3. The quantitative estimate of drug-likeness (QED) is 0.232. The van der Waals surface area contributed by atoms with Gasteiger partial charge >= 0.3 is 12.1 Å². The van der Waals surface area contributed by atoms with E-state index in [9.17, 15) is 27.6 Å². The largest absolute Gasteiger partial charge is 0.460 e. The molecule has 0 aliphatic carbocycles. The number of hydrogen-bond donors (Lipinski definition) is 3. The maximum Gasteiger partial charge on any atom is 0.414 e. The first-order valence-corrected chi connectivity index (χ1v) is 13.6. The van der Waals surface area contributed by atoms with E-state index in [0.717, 1.165) is 17.3 Å². The van der Waals surface area contributed by atoms with E-state index in [1.54, 1.807) is 43.3 Å². The number of amides is 3. The van der Waals surface area contributed by atoms with E-state index in [2.05, 4.69) is 15.6 Å². The van der Waals surface area contributed by atoms with Crippen molar-refractivity contribution in [2.45, 2.75) is 25.2 Å². The molecule has 2 aromatic carbocycles. The lowest BCUT2D eigenvalue weighted by molar-refractivity contribution is -0.118. The maximum absolute atomic E-state index is 12.6. The summed E-state index contributed by atoms with van der Waals surface area (Å²) in [7, 11) is -4.16. The number of hydrogen-bond acceptors (Lipinski definition) is 9. The van der Waals surface area contributed by atoms with Crippen LogP contribution in [0.1, 0.15) is 38.8 Å². The maximum atomic E-state index is 12.6. The van der Waals surface area contributed by atoms with Crippen LogP contribution in [0.4, 0.5) is 4.79 Å². The lowest BCUT2D eigenvalue weighted by Gasteiger charge is -2.09. The minimum absolute atomic E-state index is 0.00884. The molecule has 210 valence electrons. The lowest BCUT2D eigenvalue weighted by Crippen LogP contribution is -2.31. The van der Waals surface area contributed by atoms with Crippen LogP contribution in [-0.2, 0) is 26.0 Å². The number of sulfonamides is 1. The molecule has 3 aromatic rings. The van der Waals surface area contributed by atoms with Gasteiger partial charge in [-0.3, -0.25) is 9.59 Å². The van der Waals surface area contributed by atoms with E-state index in [1.807, 2.05) is 4.72 Å². The molecule has 0 unspecified atom stereocenters. The molecule has 3 rings (SSSR count). The second-order valence-corrected chi connectivity index (χ2v) is 10.1. The van der Waals surface area contributed by atoms with Gasteiger partial charge in [-0.05, 0) is 48.7 Å². The van der Waals surface area contributed by atoms with Crippen molar-refractivity contribution in [1.29, 1.82) is 0 Å². The van der Waals surface area contributed by atoms with Gasteiger partial charge in [-0.1, -0.05) is 30.3 Å². The van der Waals surface area contributed by atoms with Gasteiger partial charge in [0.05, 0.1) is 22.6 Å². The third kappa shape index (κ3) is 8.91. The molecule has 0 atom stereocenters. The van der Waals surface area contributed by atoms with Crippen LogP contribution in [0.5, 0.6) is 5.88 Å². The van der Waals surface area contributed by atoms with Crippen molar-refractivity contribution in [2.75, 3.05) is 19.7 Å². The molecule has 0 aliphatic rings. The first-order chi connectivity index (χ1) is 19.0. The van der Waals surface area contributed by atoms with Crippen molar-refractivity contribution in [2.24, 2.45) is 0 Å². The first-order valence-electron chi connectivity index (χ1n) is 12.1. The van der Waals surface area contributed by atoms with Crippen molar-refractivity contribution in [3.63, 3.8) is 0 Å². The molecule has 0 saturated carbocycles. The normalized spacial score (nSPS) is 10.8. The topological polar surface area (TPSA) is 170 Å². The summed E-state index contributed by atoms with van der Waals surface area (Å²) in [6.45, 7) is 3.51. The van der Waals surface area contributed by atoms with Gasteiger partial charge in [0.1, 0.15) is 6.61 Å². The smallest absolute Gasteiger partial charge is 0.414 e. The molecule has 13 heteroatoms. The average Bonchev–Trinajstić information content (AvgIpc) is 2.91. The van der Waals surface area contributed by atoms with Gasteiger partial charge in [-0.25, -0.2) is 27.7 Å². The Hall–Kier alpha value is -4.78. The van der Waals surface area contributed by atoms with Gasteiger partial charge in [0.25, 0.3) is 15.9 Å². The summed E-state index contributed by atoms with van der Waals surface area (Å²) in [4.78, 5) is 51.2. The molecular formula is C27H28N4O8S. The predicted octanol–water partition coefficient (Wildman–Crippen LogP) is 2.13. The van der Waals surface area contributed by atoms with Crippen molar-refractivity contribution in [3.8, 4) is 5.88 Å². The predicted molar refractivity (Wildman–Crippen MR) is 143 cm³/mol. The Morgan fingerprint density at radius 1 is 0.900 bits per heavy atom. The molecule has 0 spiro atoms. The van der Waals surface area contributed by atoms with Crippen LogP contribution in [0.15, 0.2) is 71.8 Å². The molecule has 12 nitrogen and oxygen atoms in total. The number of ether oxygens (including phenoxy) is 2. The SMILES string of the molecule is CC(=O)NCCc1ccc(S(=O)(=O)NC(=O)c2ccc(OC(=O)NCCOC(=O)c3ccccc3C)nc2)cc1. The standard InChI is InChI=1S/C27H28N4O8S/c1-18-5-3-4-6-23(18)26(34)38-16-15-29-27(35)39-24-12-9-21(17-30-24)25(33)31-40(36,37)22-10-7-20(8-11-22)13-14-28-19(2)32/h3-12,17H,13-16H2,1-2H3,(H,28,32)(H,29,35)(H,31,33). The van der Waals surface area contributed by atoms with Gasteiger partial charge in [-0.2, -0.15) is 0 Å². The fourth-order valence-electron chi connectivity index (χ4n) is 3.34. The number of aryl methyl sites for hydroxylation is 1. The highest BCUT2D eigenvalue weighted by Crippen LogP contribution is 2.13. The number of pyridine rings is 1. The van der Waals surface area contributed by atoms with Crippen LogP contribution >= 0.6 is 0 Å². The lowest BCUT2D eigenvalue weighted by atomic mass is 10.1. The summed E-state index contributed by atoms with van der Waals surface area (Å²) in [5.41, 5.74) is 1.93. The Morgan fingerprint density at radius 3 is 2.27 bits per heavy atom. The second kappa shape index (κ2) is 13.8. The zero-order chi connectivity index (χ0) is 29.1. The van der Waals surface area contributed by atoms with Crippen LogP contribution in [0.2, 0.25) is 0 Å². The number of benzene rings is 2. The summed E-state index contributed by atoms with van der Waals surface area (Å²) in [6.07, 6.45) is 0.716. The minimum Gasteiger partial charge on any atom is -0.460 e. The summed E-state index contributed by atoms with van der Waals surface area (Å²) >= 11 is 0. The number of esters is 1. The van der Waals surface area contributed by atoms with Crippen molar-refractivity contribution in [3.05, 3.63) is 89.1 Å². The minimum atomic E-state index is -4.16. The van der Waals surface area contributed by atoms with Crippen LogP contribution in [0.3, 0.4) is 0 Å². The zero-order valence-electron chi connectivity index (χ0n) is 21.8. The molecule has 1 aromatic heterocycles. The van der Waals surface area contributed by atoms with E-state index < -0.39 is 28.0 Å². The Labute approximate surface area is 231 Å². The molecule has 0 saturated heterocycles. The zero-order valence-corrected chi connectivity index (χ0v) is 22.6. The number of carbonyl (C=O) groups excluding carboxylic acids is 4. The van der Waals surface area contributed by atoms with Gasteiger partial charge in [-0.15, -0.1) is 0 Å². The first kappa shape index (κ1) is 29.8. The van der Waals surface area contributed by atoms with Crippen molar-refractivity contribution < 1.29 is 37.1 Å². The van der Waals surface area contributed by atoms with Gasteiger partial charge in [0.2, 0.25) is 11.8 Å². The van der Waals surface area contributed by atoms with E-state index in [4.69, 9.17) is 9.47 Å². The highest BCUT2D eigenvalue weighted by molar-refractivity contribution is 7.90. The monoisotopic (exact) mass is 568 g/mol. The molecule has 0 radical (unpaired) electrons. The highest BCUT2D eigenvalue weighted by atomic mass is 32.2. The summed E-state index contributed by atoms with van der Waals surface area (Å²) in [5.74, 6) is -1.73. The number of rotatable bonds is 11. The number of aromatic nitrogens is 1. The number of carbonyl (C=O) groups is 4. The van der Waals surface area contributed by atoms with Crippen molar-refractivity contribution >= 4 is 33.9 Å². The molecule has 0 fully saturated rings. The van der Waals surface area contributed by atoms with Crippen molar-refractivity contribution in [1.82, 2.24) is 20.3 Å². The molecule has 3 amide bonds. The Bertz CT molecular complexity index is 1470. The molecule has 1 heterocycles. The summed E-state index contributed by atoms with van der Waals surface area (Å²) in [5, 5.41) is 5.06. The highest BCUT2D eigenvalue weighted by Gasteiger charge is 2.19. The van der Waals surface area contributed by atoms with E-state index in [1.165, 1.54) is 31.2 Å². The molecule has 3 N–H and O–H groups in total. The van der Waals surface area contributed by atoms with Gasteiger partial charge in [0.15, 0.2) is 0 Å². The molecule has 40 heavy (non-hydrogen) atoms. The summed E-state index contributed by atoms with van der Waals surface area (Å²) in [6, 6.07) is 15.3.